The summed E-state index contributed by atoms with van der Waals surface area (Å²) >= 11 is 1.50. The average molecular weight is 674 g/mol. The summed E-state index contributed by atoms with van der Waals surface area (Å²) in [5, 5.41) is 3.16. The predicted molar refractivity (Wildman–Crippen MR) is 185 cm³/mol. The van der Waals surface area contributed by atoms with Crippen LogP contribution in [0.3, 0.4) is 0 Å². The minimum absolute atomic E-state index is 0.0113. The molecule has 0 radical (unpaired) electrons. The van der Waals surface area contributed by atoms with Gasteiger partial charge in [-0.05, 0) is 85.7 Å². The van der Waals surface area contributed by atoms with E-state index in [0.29, 0.717) is 11.3 Å². The van der Waals surface area contributed by atoms with Gasteiger partial charge in [0.15, 0.2) is 0 Å². The van der Waals surface area contributed by atoms with Crippen molar-refractivity contribution in [1.29, 1.82) is 0 Å². The second kappa shape index (κ2) is 15.6. The first kappa shape index (κ1) is 34.2. The van der Waals surface area contributed by atoms with Crippen LogP contribution < -0.4 is 9.62 Å². The molecule has 10 heteroatoms. The Labute approximate surface area is 281 Å². The second-order valence-corrected chi connectivity index (χ2v) is 14.6. The number of carbonyl (C=O) groups is 2. The van der Waals surface area contributed by atoms with Crippen LogP contribution in [0.15, 0.2) is 113 Å². The van der Waals surface area contributed by atoms with Crippen molar-refractivity contribution in [2.45, 2.75) is 67.4 Å². The van der Waals surface area contributed by atoms with Crippen LogP contribution in [-0.4, -0.2) is 50.0 Å². The number of carbonyl (C=O) groups excluding carboxylic acids is 2. The summed E-state index contributed by atoms with van der Waals surface area (Å²) in [6, 6.07) is 27.8. The summed E-state index contributed by atoms with van der Waals surface area (Å²) in [5.74, 6) is -1.27. The number of sulfonamides is 1. The van der Waals surface area contributed by atoms with Crippen molar-refractivity contribution in [1.82, 2.24) is 10.2 Å². The van der Waals surface area contributed by atoms with E-state index in [1.165, 1.54) is 40.9 Å². The average Bonchev–Trinajstić information content (AvgIpc) is 3.60. The number of rotatable bonds is 13. The summed E-state index contributed by atoms with van der Waals surface area (Å²) in [5.41, 5.74) is 2.73. The first-order valence-electron chi connectivity index (χ1n) is 15.8. The number of halogens is 1. The highest BCUT2D eigenvalue weighted by Crippen LogP contribution is 2.27. The third-order valence-electron chi connectivity index (χ3n) is 8.49. The highest BCUT2D eigenvalue weighted by atomic mass is 32.2. The van der Waals surface area contributed by atoms with Gasteiger partial charge in [-0.25, -0.2) is 12.8 Å². The van der Waals surface area contributed by atoms with Crippen molar-refractivity contribution in [3.05, 3.63) is 126 Å². The number of hydrogen-bond acceptors (Lipinski definition) is 5. The Morgan fingerprint density at radius 1 is 0.872 bits per heavy atom. The summed E-state index contributed by atoms with van der Waals surface area (Å²) in [6.45, 7) is 1.34. The van der Waals surface area contributed by atoms with Gasteiger partial charge < -0.3 is 10.2 Å². The molecule has 47 heavy (non-hydrogen) atoms. The summed E-state index contributed by atoms with van der Waals surface area (Å²) < 4.78 is 43.4. The van der Waals surface area contributed by atoms with E-state index in [4.69, 9.17) is 0 Å². The molecule has 5 rings (SSSR count). The fourth-order valence-electron chi connectivity index (χ4n) is 5.82. The highest BCUT2D eigenvalue weighted by molar-refractivity contribution is 7.98. The Morgan fingerprint density at radius 2 is 1.51 bits per heavy atom. The smallest absolute Gasteiger partial charge is 0.264 e. The van der Waals surface area contributed by atoms with Crippen molar-refractivity contribution >= 4 is 39.3 Å². The molecule has 1 aliphatic carbocycles. The number of anilines is 1. The molecule has 0 aromatic heterocycles. The van der Waals surface area contributed by atoms with Crippen molar-refractivity contribution in [3.8, 4) is 0 Å². The van der Waals surface area contributed by atoms with Crippen LogP contribution in [0.25, 0.3) is 0 Å². The maximum atomic E-state index is 14.6. The zero-order valence-electron chi connectivity index (χ0n) is 26.6. The molecule has 0 aliphatic heterocycles. The maximum Gasteiger partial charge on any atom is 0.264 e. The number of aryl methyl sites for hydroxylation is 1. The summed E-state index contributed by atoms with van der Waals surface area (Å²) in [6.07, 6.45) is 5.90. The van der Waals surface area contributed by atoms with E-state index >= 15 is 0 Å². The Morgan fingerprint density at radius 3 is 2.13 bits per heavy atom. The fourth-order valence-corrected chi connectivity index (χ4v) is 7.65. The molecule has 4 aromatic rings. The molecule has 1 unspecified atom stereocenters. The quantitative estimate of drug-likeness (QED) is 0.159. The van der Waals surface area contributed by atoms with Crippen molar-refractivity contribution in [2.24, 2.45) is 0 Å². The predicted octanol–water partition coefficient (Wildman–Crippen LogP) is 6.75. The SMILES string of the molecule is CSc1ccc(S(=O)(=O)N(CC(=O)N(Cc2ccc(F)cc2)C(Cc2ccccc2)C(=O)NC2CCCC2)c2ccc(C)cc2)cc1. The number of nitrogens with one attached hydrogen (secondary N) is 1. The van der Waals surface area contributed by atoms with Gasteiger partial charge >= 0.3 is 0 Å². The largest absolute Gasteiger partial charge is 0.352 e. The number of amides is 2. The maximum absolute atomic E-state index is 14.6. The number of thioether (sulfide) groups is 1. The normalized spacial score (nSPS) is 14.0. The Bertz CT molecular complexity index is 1740. The minimum Gasteiger partial charge on any atom is -0.352 e. The van der Waals surface area contributed by atoms with Gasteiger partial charge in [-0.1, -0.05) is 73.0 Å². The van der Waals surface area contributed by atoms with Crippen molar-refractivity contribution < 1.29 is 22.4 Å². The van der Waals surface area contributed by atoms with Crippen molar-refractivity contribution in [3.63, 3.8) is 0 Å². The van der Waals surface area contributed by atoms with E-state index < -0.39 is 34.3 Å². The summed E-state index contributed by atoms with van der Waals surface area (Å²) in [7, 11) is -4.20. The molecule has 246 valence electrons. The van der Waals surface area contributed by atoms with Crippen LogP contribution in [-0.2, 0) is 32.6 Å². The monoisotopic (exact) mass is 673 g/mol. The second-order valence-electron chi connectivity index (χ2n) is 11.9. The minimum atomic E-state index is -4.20. The third kappa shape index (κ3) is 8.81. The molecule has 1 saturated carbocycles. The van der Waals surface area contributed by atoms with Crippen LogP contribution in [0.2, 0.25) is 0 Å². The van der Waals surface area contributed by atoms with Gasteiger partial charge in [-0.3, -0.25) is 13.9 Å². The lowest BCUT2D eigenvalue weighted by Gasteiger charge is -2.34. The molecular formula is C37H40FN3O4S2. The Balaban J connectivity index is 1.55. The van der Waals surface area contributed by atoms with Gasteiger partial charge in [0, 0.05) is 23.9 Å². The summed E-state index contributed by atoms with van der Waals surface area (Å²) in [4.78, 5) is 31.0. The van der Waals surface area contributed by atoms with Gasteiger partial charge in [0.1, 0.15) is 18.4 Å². The van der Waals surface area contributed by atoms with E-state index in [1.54, 1.807) is 48.5 Å². The molecule has 4 aromatic carbocycles. The highest BCUT2D eigenvalue weighted by Gasteiger charge is 2.35. The Hall–Kier alpha value is -4.15. The standard InChI is InChI=1S/C37H40FN3O4S2/c1-27-12-18-32(19-13-27)41(47(44,45)34-22-20-33(46-2)21-23-34)26-36(42)40(25-29-14-16-30(38)17-15-29)35(24-28-8-4-3-5-9-28)37(43)39-31-10-6-7-11-31/h3-5,8-9,12-23,31,35H,6-7,10-11,24-26H2,1-2H3,(H,39,43). The molecule has 1 aliphatic rings. The molecular weight excluding hydrogens is 634 g/mol. The zero-order valence-corrected chi connectivity index (χ0v) is 28.3. The molecule has 1 fully saturated rings. The molecule has 0 spiro atoms. The molecule has 0 bridgehead atoms. The van der Waals surface area contributed by atoms with Gasteiger partial charge in [0.2, 0.25) is 11.8 Å². The molecule has 1 N–H and O–H groups in total. The first-order chi connectivity index (χ1) is 22.6. The number of nitrogens with zero attached hydrogens (tertiary/aromatic N) is 2. The molecule has 1 atom stereocenters. The lowest BCUT2D eigenvalue weighted by Crippen LogP contribution is -2.54. The van der Waals surface area contributed by atoms with Gasteiger partial charge in [-0.2, -0.15) is 0 Å². The zero-order chi connectivity index (χ0) is 33.4. The fraction of sp³-hybridized carbons (Fsp3) is 0.297. The van der Waals surface area contributed by atoms with Crippen LogP contribution in [0.5, 0.6) is 0 Å². The van der Waals surface area contributed by atoms with Crippen LogP contribution in [0.1, 0.15) is 42.4 Å². The Kier molecular flexibility index (Phi) is 11.4. The van der Waals surface area contributed by atoms with E-state index in [2.05, 4.69) is 5.32 Å². The molecule has 0 saturated heterocycles. The van der Waals surface area contributed by atoms with Gasteiger partial charge in [0.05, 0.1) is 10.6 Å². The number of hydrogen-bond donors (Lipinski definition) is 1. The first-order valence-corrected chi connectivity index (χ1v) is 18.4. The van der Waals surface area contributed by atoms with Crippen LogP contribution in [0, 0.1) is 12.7 Å². The van der Waals surface area contributed by atoms with Gasteiger partial charge in [0.25, 0.3) is 10.0 Å². The molecule has 7 nitrogen and oxygen atoms in total. The van der Waals surface area contributed by atoms with E-state index in [0.717, 1.165) is 46.0 Å². The van der Waals surface area contributed by atoms with E-state index in [-0.39, 0.29) is 29.8 Å². The van der Waals surface area contributed by atoms with E-state index in [1.807, 2.05) is 43.5 Å². The third-order valence-corrected chi connectivity index (χ3v) is 11.0. The van der Waals surface area contributed by atoms with E-state index in [9.17, 15) is 22.4 Å². The van der Waals surface area contributed by atoms with Gasteiger partial charge in [-0.15, -0.1) is 11.8 Å². The lowest BCUT2D eigenvalue weighted by atomic mass is 10.0. The molecule has 0 heterocycles. The van der Waals surface area contributed by atoms with Crippen molar-refractivity contribution in [2.75, 3.05) is 17.1 Å². The topological polar surface area (TPSA) is 86.8 Å². The van der Waals surface area contributed by atoms with Crippen LogP contribution in [0.4, 0.5) is 10.1 Å². The van der Waals surface area contributed by atoms with Crippen LogP contribution >= 0.6 is 11.8 Å². The lowest BCUT2D eigenvalue weighted by molar-refractivity contribution is -0.140. The number of benzene rings is 4. The molecule has 2 amide bonds.